The van der Waals surface area contributed by atoms with E-state index in [2.05, 4.69) is 5.32 Å². The molecule has 6 heteroatoms. The molecule has 1 aromatic rings. The van der Waals surface area contributed by atoms with Gasteiger partial charge in [-0.25, -0.2) is 0 Å². The lowest BCUT2D eigenvalue weighted by atomic mass is 10.2. The van der Waals surface area contributed by atoms with Gasteiger partial charge in [0.25, 0.3) is 0 Å². The van der Waals surface area contributed by atoms with E-state index in [1.54, 1.807) is 38.2 Å². The van der Waals surface area contributed by atoms with Crippen LogP contribution >= 0.6 is 11.6 Å². The van der Waals surface area contributed by atoms with Gasteiger partial charge in [0.15, 0.2) is 0 Å². The molecule has 2 N–H and O–H groups in total. The third kappa shape index (κ3) is 5.59. The molecule has 0 aliphatic carbocycles. The highest BCUT2D eigenvalue weighted by atomic mass is 35.5. The Bertz CT molecular complexity index is 479. The van der Waals surface area contributed by atoms with Gasteiger partial charge in [0, 0.05) is 19.5 Å². The second-order valence-corrected chi connectivity index (χ2v) is 5.19. The number of nitrogens with zero attached hydrogens (tertiary/aromatic N) is 1. The van der Waals surface area contributed by atoms with Crippen LogP contribution in [0.3, 0.4) is 0 Å². The van der Waals surface area contributed by atoms with Crippen LogP contribution in [0, 0.1) is 5.92 Å². The number of hydrogen-bond acceptors (Lipinski definition) is 3. The van der Waals surface area contributed by atoms with E-state index in [0.717, 1.165) is 0 Å². The maximum absolute atomic E-state index is 11.8. The van der Waals surface area contributed by atoms with Crippen LogP contribution < -0.4 is 5.32 Å². The quantitative estimate of drug-likeness (QED) is 0.810. The highest BCUT2D eigenvalue weighted by Crippen LogP contribution is 2.20. The van der Waals surface area contributed by atoms with Crippen LogP contribution in [0.5, 0.6) is 0 Å². The maximum atomic E-state index is 11.8. The lowest BCUT2D eigenvalue weighted by Crippen LogP contribution is -2.31. The molecule has 1 atom stereocenters. The van der Waals surface area contributed by atoms with E-state index < -0.39 is 11.9 Å². The largest absolute Gasteiger partial charge is 0.481 e. The number of anilines is 1. The van der Waals surface area contributed by atoms with Gasteiger partial charge in [-0.05, 0) is 19.2 Å². The van der Waals surface area contributed by atoms with Crippen molar-refractivity contribution in [1.29, 1.82) is 0 Å². The predicted molar refractivity (Wildman–Crippen MR) is 79.0 cm³/mol. The van der Waals surface area contributed by atoms with Crippen molar-refractivity contribution in [1.82, 2.24) is 4.90 Å². The third-order valence-corrected chi connectivity index (χ3v) is 3.21. The topological polar surface area (TPSA) is 69.6 Å². The summed E-state index contributed by atoms with van der Waals surface area (Å²) in [7, 11) is 1.79. The molecule has 0 aromatic heterocycles. The van der Waals surface area contributed by atoms with Crippen LogP contribution in [-0.4, -0.2) is 42.0 Å². The van der Waals surface area contributed by atoms with Gasteiger partial charge in [-0.1, -0.05) is 30.7 Å². The van der Waals surface area contributed by atoms with Gasteiger partial charge in [-0.3, -0.25) is 9.59 Å². The van der Waals surface area contributed by atoms with Crippen LogP contribution in [0.2, 0.25) is 5.02 Å². The Hall–Kier alpha value is -1.59. The fourth-order valence-corrected chi connectivity index (χ4v) is 1.89. The fourth-order valence-electron chi connectivity index (χ4n) is 1.70. The summed E-state index contributed by atoms with van der Waals surface area (Å²) >= 11 is 5.94. The van der Waals surface area contributed by atoms with Crippen molar-refractivity contribution in [3.05, 3.63) is 29.3 Å². The van der Waals surface area contributed by atoms with E-state index in [1.807, 2.05) is 4.90 Å². The van der Waals surface area contributed by atoms with Crippen molar-refractivity contribution in [3.8, 4) is 0 Å². The van der Waals surface area contributed by atoms with Gasteiger partial charge in [0.05, 0.1) is 16.6 Å². The number of aliphatic carboxylic acids is 1. The third-order valence-electron chi connectivity index (χ3n) is 2.88. The van der Waals surface area contributed by atoms with Crippen molar-refractivity contribution in [2.24, 2.45) is 5.92 Å². The molecule has 0 spiro atoms. The minimum atomic E-state index is -0.836. The summed E-state index contributed by atoms with van der Waals surface area (Å²) in [6, 6.07) is 7.02. The summed E-state index contributed by atoms with van der Waals surface area (Å²) in [5.74, 6) is -1.43. The number of carbonyl (C=O) groups excluding carboxylic acids is 1. The highest BCUT2D eigenvalue weighted by molar-refractivity contribution is 6.33. The highest BCUT2D eigenvalue weighted by Gasteiger charge is 2.14. The van der Waals surface area contributed by atoms with Crippen LogP contribution in [0.4, 0.5) is 5.69 Å². The first kappa shape index (κ1) is 16.5. The number of hydrogen-bond donors (Lipinski definition) is 2. The smallest absolute Gasteiger partial charge is 0.307 e. The fraction of sp³-hybridized carbons (Fsp3) is 0.429. The van der Waals surface area contributed by atoms with Crippen molar-refractivity contribution >= 4 is 29.2 Å². The molecule has 0 saturated carbocycles. The Labute approximate surface area is 123 Å². The van der Waals surface area contributed by atoms with E-state index in [-0.39, 0.29) is 12.3 Å². The van der Waals surface area contributed by atoms with Crippen molar-refractivity contribution in [3.63, 3.8) is 0 Å². The molecule has 0 fully saturated rings. The maximum Gasteiger partial charge on any atom is 0.307 e. The zero-order valence-electron chi connectivity index (χ0n) is 11.6. The second kappa shape index (κ2) is 7.87. The lowest BCUT2D eigenvalue weighted by molar-refractivity contribution is -0.141. The van der Waals surface area contributed by atoms with Crippen LogP contribution in [-0.2, 0) is 9.59 Å². The molecule has 0 aliphatic heterocycles. The van der Waals surface area contributed by atoms with E-state index in [4.69, 9.17) is 16.7 Å². The summed E-state index contributed by atoms with van der Waals surface area (Å²) in [5, 5.41) is 12.0. The normalized spacial score (nSPS) is 12.2. The van der Waals surface area contributed by atoms with Gasteiger partial charge >= 0.3 is 5.97 Å². The first-order chi connectivity index (χ1) is 9.40. The minimum Gasteiger partial charge on any atom is -0.481 e. The van der Waals surface area contributed by atoms with E-state index >= 15 is 0 Å². The Morgan fingerprint density at radius 2 is 2.05 bits per heavy atom. The molecule has 110 valence electrons. The minimum absolute atomic E-state index is 0.145. The molecule has 0 saturated heterocycles. The Morgan fingerprint density at radius 1 is 1.40 bits per heavy atom. The summed E-state index contributed by atoms with van der Waals surface area (Å²) in [4.78, 5) is 24.3. The summed E-state index contributed by atoms with van der Waals surface area (Å²) in [5.41, 5.74) is 0.584. The molecular formula is C14H19ClN2O3. The number of amides is 1. The van der Waals surface area contributed by atoms with E-state index in [1.165, 1.54) is 0 Å². The molecule has 5 nitrogen and oxygen atoms in total. The Balaban J connectivity index is 2.37. The van der Waals surface area contributed by atoms with Crippen LogP contribution in [0.25, 0.3) is 0 Å². The van der Waals surface area contributed by atoms with Crippen molar-refractivity contribution < 1.29 is 14.7 Å². The average molecular weight is 299 g/mol. The van der Waals surface area contributed by atoms with Crippen LogP contribution in [0.1, 0.15) is 13.3 Å². The number of rotatable bonds is 7. The Kier molecular flexibility index (Phi) is 6.48. The van der Waals surface area contributed by atoms with E-state index in [9.17, 15) is 9.59 Å². The number of halogens is 1. The number of benzene rings is 1. The van der Waals surface area contributed by atoms with Crippen LogP contribution in [0.15, 0.2) is 24.3 Å². The number of carboxylic acid groups (broad SMARTS) is 1. The standard InChI is InChI=1S/C14H19ClN2O3/c1-10(14(19)20)9-17(2)8-7-13(18)16-12-6-4-3-5-11(12)15/h3-6,10H,7-9H2,1-2H3,(H,16,18)(H,19,20). The molecule has 1 rings (SSSR count). The molecule has 1 amide bonds. The molecule has 0 aliphatic rings. The van der Waals surface area contributed by atoms with Crippen molar-refractivity contribution in [2.45, 2.75) is 13.3 Å². The number of carbonyl (C=O) groups is 2. The van der Waals surface area contributed by atoms with Gasteiger partial charge < -0.3 is 15.3 Å². The average Bonchev–Trinajstić information content (AvgIpc) is 2.39. The van der Waals surface area contributed by atoms with Gasteiger partial charge in [-0.15, -0.1) is 0 Å². The van der Waals surface area contributed by atoms with Gasteiger partial charge in [-0.2, -0.15) is 0 Å². The summed E-state index contributed by atoms with van der Waals surface area (Å²) < 4.78 is 0. The first-order valence-corrected chi connectivity index (χ1v) is 6.73. The molecule has 0 heterocycles. The Morgan fingerprint density at radius 3 is 2.65 bits per heavy atom. The monoisotopic (exact) mass is 298 g/mol. The van der Waals surface area contributed by atoms with Gasteiger partial charge in [0.2, 0.25) is 5.91 Å². The zero-order valence-corrected chi connectivity index (χ0v) is 12.4. The van der Waals surface area contributed by atoms with E-state index in [0.29, 0.717) is 23.8 Å². The lowest BCUT2D eigenvalue weighted by Gasteiger charge is -2.18. The molecule has 0 radical (unpaired) electrons. The number of nitrogens with one attached hydrogen (secondary N) is 1. The zero-order chi connectivity index (χ0) is 15.1. The second-order valence-electron chi connectivity index (χ2n) is 4.78. The van der Waals surface area contributed by atoms with Gasteiger partial charge in [0.1, 0.15) is 0 Å². The molecule has 1 aromatic carbocycles. The summed E-state index contributed by atoms with van der Waals surface area (Å²) in [6.07, 6.45) is 0.286. The first-order valence-electron chi connectivity index (χ1n) is 6.36. The molecule has 1 unspecified atom stereocenters. The van der Waals surface area contributed by atoms with Crippen molar-refractivity contribution in [2.75, 3.05) is 25.5 Å². The number of carboxylic acids is 1. The summed E-state index contributed by atoms with van der Waals surface area (Å²) in [6.45, 7) is 2.55. The number of para-hydroxylation sites is 1. The molecule has 20 heavy (non-hydrogen) atoms. The molecular weight excluding hydrogens is 280 g/mol. The predicted octanol–water partition coefficient (Wildman–Crippen LogP) is 2.32. The molecule has 0 bridgehead atoms. The SMILES string of the molecule is CC(CN(C)CCC(=O)Nc1ccccc1Cl)C(=O)O.